The molecule has 0 bridgehead atoms. The Morgan fingerprint density at radius 3 is 2.88 bits per heavy atom. The topological polar surface area (TPSA) is 50.3 Å². The Hall–Kier alpha value is -1.07. The molecular formula is C12H23N5. The highest BCUT2D eigenvalue weighted by atomic mass is 15.3. The summed E-state index contributed by atoms with van der Waals surface area (Å²) in [4.78, 5) is 4.98. The van der Waals surface area contributed by atoms with Gasteiger partial charge in [-0.3, -0.25) is 9.58 Å². The minimum absolute atomic E-state index is 0.606. The fraction of sp³-hybridized carbons (Fsp3) is 0.750. The van der Waals surface area contributed by atoms with Gasteiger partial charge in [-0.25, -0.2) is 0 Å². The predicted octanol–water partition coefficient (Wildman–Crippen LogP) is 0.491. The number of rotatable bonds is 4. The molecule has 2 N–H and O–H groups in total. The molecule has 1 aromatic heterocycles. The summed E-state index contributed by atoms with van der Waals surface area (Å²) >= 11 is 0. The zero-order chi connectivity index (χ0) is 12.3. The first-order valence-corrected chi connectivity index (χ1v) is 6.40. The quantitative estimate of drug-likeness (QED) is 0.828. The third kappa shape index (κ3) is 3.20. The number of nitrogens with two attached hydrogens (primary N) is 1. The van der Waals surface area contributed by atoms with Crippen molar-refractivity contribution in [3.63, 3.8) is 0 Å². The Morgan fingerprint density at radius 1 is 1.41 bits per heavy atom. The number of aromatic nitrogens is 2. The maximum absolute atomic E-state index is 5.60. The first-order chi connectivity index (χ1) is 8.19. The molecule has 1 fully saturated rings. The molecule has 1 aromatic rings. The van der Waals surface area contributed by atoms with Crippen molar-refractivity contribution < 1.29 is 0 Å². The minimum Gasteiger partial charge on any atom is -0.382 e. The van der Waals surface area contributed by atoms with Crippen LogP contribution >= 0.6 is 0 Å². The van der Waals surface area contributed by atoms with E-state index in [9.17, 15) is 0 Å². The molecule has 96 valence electrons. The van der Waals surface area contributed by atoms with Crippen LogP contribution in [0.4, 0.5) is 5.82 Å². The van der Waals surface area contributed by atoms with Crippen molar-refractivity contribution in [3.05, 3.63) is 12.3 Å². The molecule has 1 saturated heterocycles. The molecular weight excluding hydrogens is 214 g/mol. The van der Waals surface area contributed by atoms with E-state index in [1.807, 2.05) is 16.9 Å². The summed E-state index contributed by atoms with van der Waals surface area (Å²) < 4.78 is 1.93. The first kappa shape index (κ1) is 12.4. The standard InChI is InChI=1S/C12H23N5/c1-3-11-10-16(7-6-15(11)2)8-9-17-5-4-12(13)14-17/h4-5,11H,3,6-10H2,1-2H3,(H2,13,14). The monoisotopic (exact) mass is 237 g/mol. The van der Waals surface area contributed by atoms with Gasteiger partial charge in [-0.1, -0.05) is 6.92 Å². The molecule has 5 heteroatoms. The van der Waals surface area contributed by atoms with Crippen LogP contribution in [0.3, 0.4) is 0 Å². The van der Waals surface area contributed by atoms with Crippen molar-refractivity contribution in [1.29, 1.82) is 0 Å². The van der Waals surface area contributed by atoms with Crippen LogP contribution in [0.15, 0.2) is 12.3 Å². The summed E-state index contributed by atoms with van der Waals surface area (Å²) in [6.45, 7) is 7.74. The van der Waals surface area contributed by atoms with Crippen LogP contribution in [-0.4, -0.2) is 58.8 Å². The molecule has 1 unspecified atom stereocenters. The van der Waals surface area contributed by atoms with Gasteiger partial charge in [-0.2, -0.15) is 5.10 Å². The summed E-state index contributed by atoms with van der Waals surface area (Å²) in [6, 6.07) is 2.55. The van der Waals surface area contributed by atoms with Gasteiger partial charge in [0.25, 0.3) is 0 Å². The van der Waals surface area contributed by atoms with Gasteiger partial charge < -0.3 is 10.6 Å². The van der Waals surface area contributed by atoms with Gasteiger partial charge in [0.2, 0.25) is 0 Å². The molecule has 1 aliphatic heterocycles. The maximum atomic E-state index is 5.60. The Balaban J connectivity index is 1.80. The van der Waals surface area contributed by atoms with Crippen molar-refractivity contribution >= 4 is 5.82 Å². The van der Waals surface area contributed by atoms with Crippen molar-refractivity contribution in [2.24, 2.45) is 0 Å². The molecule has 2 heterocycles. The summed E-state index contributed by atoms with van der Waals surface area (Å²) in [5.41, 5.74) is 5.60. The van der Waals surface area contributed by atoms with Gasteiger partial charge in [0.05, 0.1) is 6.54 Å². The third-order valence-corrected chi connectivity index (χ3v) is 3.64. The summed E-state index contributed by atoms with van der Waals surface area (Å²) in [5.74, 6) is 0.606. The third-order valence-electron chi connectivity index (χ3n) is 3.64. The summed E-state index contributed by atoms with van der Waals surface area (Å²) in [7, 11) is 2.22. The van der Waals surface area contributed by atoms with E-state index in [2.05, 4.69) is 28.9 Å². The molecule has 17 heavy (non-hydrogen) atoms. The average molecular weight is 237 g/mol. The van der Waals surface area contributed by atoms with Crippen LogP contribution in [0, 0.1) is 0 Å². The Bertz CT molecular complexity index is 348. The lowest BCUT2D eigenvalue weighted by Crippen LogP contribution is -2.51. The number of nitrogen functional groups attached to an aromatic ring is 1. The van der Waals surface area contributed by atoms with Crippen molar-refractivity contribution in [2.75, 3.05) is 39.0 Å². The number of hydrogen-bond donors (Lipinski definition) is 1. The van der Waals surface area contributed by atoms with Crippen molar-refractivity contribution in [3.8, 4) is 0 Å². The Kier molecular flexibility index (Phi) is 4.02. The molecule has 0 saturated carbocycles. The SMILES string of the molecule is CCC1CN(CCn2ccc(N)n2)CCN1C. The molecule has 0 aliphatic carbocycles. The zero-order valence-electron chi connectivity index (χ0n) is 10.8. The fourth-order valence-corrected chi connectivity index (χ4v) is 2.40. The van der Waals surface area contributed by atoms with Crippen LogP contribution in [0.1, 0.15) is 13.3 Å². The highest BCUT2D eigenvalue weighted by molar-refractivity contribution is 5.23. The van der Waals surface area contributed by atoms with Crippen LogP contribution in [0.2, 0.25) is 0 Å². The smallest absolute Gasteiger partial charge is 0.145 e. The molecule has 0 aromatic carbocycles. The summed E-state index contributed by atoms with van der Waals surface area (Å²) in [6.07, 6.45) is 3.17. The van der Waals surface area contributed by atoms with E-state index >= 15 is 0 Å². The lowest BCUT2D eigenvalue weighted by atomic mass is 10.1. The zero-order valence-corrected chi connectivity index (χ0v) is 10.8. The van der Waals surface area contributed by atoms with Gasteiger partial charge in [-0.05, 0) is 19.5 Å². The Morgan fingerprint density at radius 2 is 2.24 bits per heavy atom. The van der Waals surface area contributed by atoms with Crippen LogP contribution in [0.25, 0.3) is 0 Å². The Labute approximate surface area is 103 Å². The van der Waals surface area contributed by atoms with Gasteiger partial charge in [0, 0.05) is 38.4 Å². The van der Waals surface area contributed by atoms with Crippen LogP contribution in [0.5, 0.6) is 0 Å². The van der Waals surface area contributed by atoms with Gasteiger partial charge in [0.15, 0.2) is 0 Å². The van der Waals surface area contributed by atoms with E-state index < -0.39 is 0 Å². The predicted molar refractivity (Wildman–Crippen MR) is 69.8 cm³/mol. The second kappa shape index (κ2) is 5.51. The highest BCUT2D eigenvalue weighted by Crippen LogP contribution is 2.10. The maximum Gasteiger partial charge on any atom is 0.145 e. The molecule has 0 spiro atoms. The van der Waals surface area contributed by atoms with Gasteiger partial charge in [-0.15, -0.1) is 0 Å². The number of hydrogen-bond acceptors (Lipinski definition) is 4. The fourth-order valence-electron chi connectivity index (χ4n) is 2.40. The van der Waals surface area contributed by atoms with Crippen molar-refractivity contribution in [2.45, 2.75) is 25.9 Å². The molecule has 5 nitrogen and oxygen atoms in total. The molecule has 0 radical (unpaired) electrons. The van der Waals surface area contributed by atoms with E-state index in [-0.39, 0.29) is 0 Å². The average Bonchev–Trinajstić information content (AvgIpc) is 2.74. The largest absolute Gasteiger partial charge is 0.382 e. The molecule has 1 aliphatic rings. The van der Waals surface area contributed by atoms with Gasteiger partial charge >= 0.3 is 0 Å². The molecule has 2 rings (SSSR count). The molecule has 1 atom stereocenters. The first-order valence-electron chi connectivity index (χ1n) is 6.40. The second-order valence-electron chi connectivity index (χ2n) is 4.85. The minimum atomic E-state index is 0.606. The lowest BCUT2D eigenvalue weighted by molar-refractivity contribution is 0.0900. The number of anilines is 1. The number of likely N-dealkylation sites (N-methyl/N-ethyl adjacent to an activating group) is 1. The normalized spacial score (nSPS) is 23.1. The van der Waals surface area contributed by atoms with Crippen LogP contribution < -0.4 is 5.73 Å². The van der Waals surface area contributed by atoms with E-state index in [4.69, 9.17) is 5.73 Å². The highest BCUT2D eigenvalue weighted by Gasteiger charge is 2.22. The van der Waals surface area contributed by atoms with E-state index in [0.717, 1.165) is 19.6 Å². The van der Waals surface area contributed by atoms with Crippen molar-refractivity contribution in [1.82, 2.24) is 19.6 Å². The number of piperazine rings is 1. The van der Waals surface area contributed by atoms with E-state index in [1.54, 1.807) is 0 Å². The van der Waals surface area contributed by atoms with Crippen LogP contribution in [-0.2, 0) is 6.54 Å². The summed E-state index contributed by atoms with van der Waals surface area (Å²) in [5, 5.41) is 4.21. The lowest BCUT2D eigenvalue weighted by Gasteiger charge is -2.39. The number of nitrogens with zero attached hydrogens (tertiary/aromatic N) is 4. The van der Waals surface area contributed by atoms with E-state index in [0.29, 0.717) is 11.9 Å². The van der Waals surface area contributed by atoms with Gasteiger partial charge in [0.1, 0.15) is 5.82 Å². The second-order valence-corrected chi connectivity index (χ2v) is 4.85. The molecule has 0 amide bonds. The van der Waals surface area contributed by atoms with E-state index in [1.165, 1.54) is 19.5 Å².